The highest BCUT2D eigenvalue weighted by Gasteiger charge is 2.28. The van der Waals surface area contributed by atoms with Gasteiger partial charge in [0.25, 0.3) is 5.91 Å². The van der Waals surface area contributed by atoms with Gasteiger partial charge in [-0.15, -0.1) is 0 Å². The zero-order valence-corrected chi connectivity index (χ0v) is 10.9. The second kappa shape index (κ2) is 4.20. The summed E-state index contributed by atoms with van der Waals surface area (Å²) in [6.07, 6.45) is 0.112. The van der Waals surface area contributed by atoms with Crippen LogP contribution in [0.15, 0.2) is 11.2 Å². The molecule has 1 aliphatic rings. The maximum absolute atomic E-state index is 11.7. The van der Waals surface area contributed by atoms with Crippen LogP contribution in [0.2, 0.25) is 10.0 Å². The fraction of sp³-hybridized carbons (Fsp3) is 0.273. The number of hydrogen-bond acceptors (Lipinski definition) is 3. The van der Waals surface area contributed by atoms with Crippen molar-refractivity contribution in [2.75, 3.05) is 5.01 Å². The quantitative estimate of drug-likeness (QED) is 0.854. The second-order valence-corrected chi connectivity index (χ2v) is 4.72. The van der Waals surface area contributed by atoms with Crippen LogP contribution in [-0.4, -0.2) is 11.7 Å². The molecule has 0 radical (unpaired) electrons. The molecule has 6 heteroatoms. The maximum Gasteiger partial charge on any atom is 0.255 e. The number of nitrogens with zero attached hydrogens (tertiary/aromatic N) is 2. The van der Waals surface area contributed by atoms with Crippen molar-refractivity contribution in [3.8, 4) is 0 Å². The minimum atomic E-state index is -0.200. The lowest BCUT2D eigenvalue weighted by Gasteiger charge is -2.18. The Kier molecular flexibility index (Phi) is 3.02. The van der Waals surface area contributed by atoms with Crippen LogP contribution >= 0.6 is 23.2 Å². The third kappa shape index (κ3) is 1.98. The Balaban J connectivity index is 2.63. The van der Waals surface area contributed by atoms with Crippen molar-refractivity contribution in [3.05, 3.63) is 27.2 Å². The molecule has 0 fully saturated rings. The van der Waals surface area contributed by atoms with Gasteiger partial charge in [0.05, 0.1) is 22.2 Å². The molecule has 0 saturated heterocycles. The Morgan fingerprint density at radius 3 is 2.59 bits per heavy atom. The monoisotopic (exact) mass is 271 g/mol. The van der Waals surface area contributed by atoms with Gasteiger partial charge >= 0.3 is 0 Å². The number of benzene rings is 1. The van der Waals surface area contributed by atoms with Crippen LogP contribution in [0.4, 0.5) is 5.69 Å². The summed E-state index contributed by atoms with van der Waals surface area (Å²) in [6.45, 7) is 3.76. The Morgan fingerprint density at radius 1 is 1.41 bits per heavy atom. The number of anilines is 1. The van der Waals surface area contributed by atoms with Gasteiger partial charge < -0.3 is 5.73 Å². The number of amides is 1. The molecule has 1 amide bonds. The van der Waals surface area contributed by atoms with Crippen molar-refractivity contribution in [2.24, 2.45) is 10.8 Å². The van der Waals surface area contributed by atoms with Gasteiger partial charge in [0.2, 0.25) is 0 Å². The Labute approximate surface area is 109 Å². The molecule has 2 N–H and O–H groups in total. The lowest BCUT2D eigenvalue weighted by molar-refractivity contribution is -0.116. The topological polar surface area (TPSA) is 58.7 Å². The molecule has 1 heterocycles. The number of aryl methyl sites for hydroxylation is 1. The highest BCUT2D eigenvalue weighted by atomic mass is 35.5. The number of halogens is 2. The predicted octanol–water partition coefficient (Wildman–Crippen LogP) is 2.62. The number of nitrogens with two attached hydrogens (primary N) is 1. The van der Waals surface area contributed by atoms with Gasteiger partial charge in [-0.3, -0.25) is 4.79 Å². The minimum absolute atomic E-state index is 0.112. The standard InChI is InChI=1S/C11H11Cl2N3O/c1-5-3-7(12)10(13)11(6(5)2)16-9(17)4-8(14)15-16/h3H,4H2,1-2H3,(H2,14,15). The van der Waals surface area contributed by atoms with Crippen LogP contribution < -0.4 is 10.7 Å². The number of hydrogen-bond donors (Lipinski definition) is 1. The molecular weight excluding hydrogens is 261 g/mol. The zero-order valence-electron chi connectivity index (χ0n) is 9.42. The van der Waals surface area contributed by atoms with Crippen molar-refractivity contribution in [3.63, 3.8) is 0 Å². The van der Waals surface area contributed by atoms with E-state index < -0.39 is 0 Å². The average molecular weight is 272 g/mol. The summed E-state index contributed by atoms with van der Waals surface area (Å²) in [5, 5.41) is 5.93. The smallest absolute Gasteiger partial charge is 0.255 e. The lowest BCUT2D eigenvalue weighted by Crippen LogP contribution is -2.21. The minimum Gasteiger partial charge on any atom is -0.385 e. The summed E-state index contributed by atoms with van der Waals surface area (Å²) in [7, 11) is 0. The highest BCUT2D eigenvalue weighted by Crippen LogP contribution is 2.38. The van der Waals surface area contributed by atoms with Crippen molar-refractivity contribution >= 4 is 40.6 Å². The van der Waals surface area contributed by atoms with Crippen molar-refractivity contribution in [1.82, 2.24) is 0 Å². The molecule has 0 spiro atoms. The summed E-state index contributed by atoms with van der Waals surface area (Å²) < 4.78 is 0. The number of rotatable bonds is 1. The summed E-state index contributed by atoms with van der Waals surface area (Å²) in [4.78, 5) is 11.7. The molecule has 0 aromatic heterocycles. The number of amidine groups is 1. The van der Waals surface area contributed by atoms with Gasteiger partial charge in [-0.2, -0.15) is 10.1 Å². The summed E-state index contributed by atoms with van der Waals surface area (Å²) in [5.41, 5.74) is 7.87. The summed E-state index contributed by atoms with van der Waals surface area (Å²) >= 11 is 12.1. The average Bonchev–Trinajstić information content (AvgIpc) is 2.56. The van der Waals surface area contributed by atoms with E-state index in [9.17, 15) is 4.79 Å². The Bertz CT molecular complexity index is 514. The Morgan fingerprint density at radius 2 is 2.06 bits per heavy atom. The van der Waals surface area contributed by atoms with Gasteiger partial charge in [-0.1, -0.05) is 23.2 Å². The Hall–Kier alpha value is -1.26. The molecule has 0 saturated carbocycles. The summed E-state index contributed by atoms with van der Waals surface area (Å²) in [6, 6.07) is 1.76. The van der Waals surface area contributed by atoms with Crippen molar-refractivity contribution in [2.45, 2.75) is 20.3 Å². The number of hydrazone groups is 1. The number of carbonyl (C=O) groups excluding carboxylic acids is 1. The van der Waals surface area contributed by atoms with Crippen LogP contribution in [0.3, 0.4) is 0 Å². The van der Waals surface area contributed by atoms with Gasteiger partial charge in [0.1, 0.15) is 5.84 Å². The first kappa shape index (κ1) is 12.2. The summed E-state index contributed by atoms with van der Waals surface area (Å²) in [5.74, 6) is 0.0808. The molecule has 1 aromatic carbocycles. The first-order chi connectivity index (χ1) is 7.91. The van der Waals surface area contributed by atoms with E-state index in [2.05, 4.69) is 5.10 Å². The molecular formula is C11H11Cl2N3O. The van der Waals surface area contributed by atoms with Crippen LogP contribution in [0.5, 0.6) is 0 Å². The van der Waals surface area contributed by atoms with Gasteiger partial charge in [0, 0.05) is 0 Å². The maximum atomic E-state index is 11.7. The van der Waals surface area contributed by atoms with Crippen LogP contribution in [0, 0.1) is 13.8 Å². The van der Waals surface area contributed by atoms with Crippen LogP contribution in [0.25, 0.3) is 0 Å². The first-order valence-electron chi connectivity index (χ1n) is 5.03. The lowest BCUT2D eigenvalue weighted by atomic mass is 10.1. The molecule has 1 aromatic rings. The first-order valence-corrected chi connectivity index (χ1v) is 5.78. The molecule has 0 aliphatic carbocycles. The molecule has 90 valence electrons. The predicted molar refractivity (Wildman–Crippen MR) is 69.7 cm³/mol. The van der Waals surface area contributed by atoms with Crippen molar-refractivity contribution in [1.29, 1.82) is 0 Å². The second-order valence-electron chi connectivity index (χ2n) is 3.94. The van der Waals surface area contributed by atoms with Gasteiger partial charge in [-0.25, -0.2) is 0 Å². The largest absolute Gasteiger partial charge is 0.385 e. The molecule has 4 nitrogen and oxygen atoms in total. The third-order valence-corrected chi connectivity index (χ3v) is 3.49. The molecule has 1 aliphatic heterocycles. The molecule has 17 heavy (non-hydrogen) atoms. The van der Waals surface area contributed by atoms with E-state index in [0.29, 0.717) is 15.7 Å². The molecule has 0 unspecified atom stereocenters. The van der Waals surface area contributed by atoms with Crippen LogP contribution in [0.1, 0.15) is 17.5 Å². The fourth-order valence-corrected chi connectivity index (χ4v) is 2.23. The van der Waals surface area contributed by atoms with Crippen molar-refractivity contribution < 1.29 is 4.79 Å². The van der Waals surface area contributed by atoms with E-state index >= 15 is 0 Å². The van der Waals surface area contributed by atoms with E-state index in [1.165, 1.54) is 5.01 Å². The van der Waals surface area contributed by atoms with Gasteiger partial charge in [0.15, 0.2) is 0 Å². The van der Waals surface area contributed by atoms with E-state index in [-0.39, 0.29) is 18.2 Å². The molecule has 0 bridgehead atoms. The number of carbonyl (C=O) groups is 1. The van der Waals surface area contributed by atoms with E-state index in [1.807, 2.05) is 13.8 Å². The normalized spacial score (nSPS) is 15.4. The van der Waals surface area contributed by atoms with E-state index in [0.717, 1.165) is 11.1 Å². The fourth-order valence-electron chi connectivity index (χ4n) is 1.70. The highest BCUT2D eigenvalue weighted by molar-refractivity contribution is 6.44. The third-order valence-electron chi connectivity index (χ3n) is 2.72. The zero-order chi connectivity index (χ0) is 12.7. The van der Waals surface area contributed by atoms with E-state index in [1.54, 1.807) is 6.07 Å². The SMILES string of the molecule is Cc1cc(Cl)c(Cl)c(N2N=C(N)CC2=O)c1C. The van der Waals surface area contributed by atoms with Gasteiger partial charge in [-0.05, 0) is 31.0 Å². The van der Waals surface area contributed by atoms with Crippen LogP contribution in [-0.2, 0) is 4.79 Å². The molecule has 2 rings (SSSR count). The molecule has 0 atom stereocenters. The van der Waals surface area contributed by atoms with E-state index in [4.69, 9.17) is 28.9 Å².